The molecule has 0 spiro atoms. The van der Waals surface area contributed by atoms with Crippen LogP contribution >= 0.6 is 0 Å². The molecular weight excluding hydrogens is 473 g/mol. The van der Waals surface area contributed by atoms with Crippen molar-refractivity contribution >= 4 is 17.5 Å². The molecule has 0 amide bonds. The van der Waals surface area contributed by atoms with E-state index in [1.807, 2.05) is 36.1 Å². The molecule has 5 rings (SSSR count). The highest BCUT2D eigenvalue weighted by Crippen LogP contribution is 2.43. The van der Waals surface area contributed by atoms with Gasteiger partial charge in [0.15, 0.2) is 5.54 Å². The molecule has 0 saturated carbocycles. The van der Waals surface area contributed by atoms with E-state index in [0.717, 1.165) is 35.5 Å². The first kappa shape index (κ1) is 24.8. The average molecular weight is 505 g/mol. The lowest BCUT2D eigenvalue weighted by Crippen LogP contribution is -2.56. The van der Waals surface area contributed by atoms with Gasteiger partial charge in [0.05, 0.1) is 25.3 Å². The molecule has 0 aliphatic carbocycles. The first-order chi connectivity index (χ1) is 17.1. The molecule has 1 aromatic heterocycles. The molecule has 7 nitrogen and oxygen atoms in total. The third-order valence-electron chi connectivity index (χ3n) is 7.66. The molecule has 0 radical (unpaired) electrons. The maximum absolute atomic E-state index is 14.3. The Morgan fingerprint density at radius 1 is 1.22 bits per heavy atom. The topological polar surface area (TPSA) is 67.7 Å². The fourth-order valence-corrected chi connectivity index (χ4v) is 5.53. The average Bonchev–Trinajstić information content (AvgIpc) is 3.52. The number of ketones is 1. The van der Waals surface area contributed by atoms with Gasteiger partial charge in [0.1, 0.15) is 11.6 Å². The molecule has 2 bridgehead atoms. The number of anilines is 2. The predicted molar refractivity (Wildman–Crippen MR) is 130 cm³/mol. The van der Waals surface area contributed by atoms with Gasteiger partial charge in [-0.3, -0.25) is 14.2 Å². The minimum Gasteiger partial charge on any atom is -0.374 e. The van der Waals surface area contributed by atoms with Crippen molar-refractivity contribution in [3.05, 3.63) is 51.8 Å². The summed E-state index contributed by atoms with van der Waals surface area (Å²) in [6.45, 7) is 3.77. The number of Topliss-reactive ketones (excluding diaryl/α,β-unsaturated/α-hetero) is 1. The summed E-state index contributed by atoms with van der Waals surface area (Å²) in [7, 11) is 0. The molecular formula is C26H31F3N4O3. The minimum atomic E-state index is -4.56. The van der Waals surface area contributed by atoms with E-state index >= 15 is 0 Å². The third-order valence-corrected chi connectivity index (χ3v) is 7.66. The van der Waals surface area contributed by atoms with Gasteiger partial charge in [-0.1, -0.05) is 31.2 Å². The molecule has 0 N–H and O–H groups in total. The summed E-state index contributed by atoms with van der Waals surface area (Å²) in [6, 6.07) is 8.87. The molecule has 0 unspecified atom stereocenters. The molecule has 2 saturated heterocycles. The van der Waals surface area contributed by atoms with Crippen molar-refractivity contribution in [2.75, 3.05) is 29.5 Å². The van der Waals surface area contributed by atoms with Crippen molar-refractivity contribution in [3.63, 3.8) is 0 Å². The highest BCUT2D eigenvalue weighted by Gasteiger charge is 2.59. The summed E-state index contributed by atoms with van der Waals surface area (Å²) in [5, 5.41) is 0. The lowest BCUT2D eigenvalue weighted by molar-refractivity contribution is -0.182. The van der Waals surface area contributed by atoms with Crippen LogP contribution in [0.3, 0.4) is 0 Å². The fraction of sp³-hybridized carbons (Fsp3) is 0.577. The largest absolute Gasteiger partial charge is 0.413 e. The number of ether oxygens (including phenoxy) is 1. The summed E-state index contributed by atoms with van der Waals surface area (Å²) in [5.41, 5.74) is -0.967. The molecule has 36 heavy (non-hydrogen) atoms. The van der Waals surface area contributed by atoms with E-state index < -0.39 is 23.8 Å². The molecule has 2 fully saturated rings. The van der Waals surface area contributed by atoms with Crippen LogP contribution in [0, 0.1) is 0 Å². The number of carbonyl (C=O) groups is 1. The van der Waals surface area contributed by atoms with Crippen LogP contribution in [-0.4, -0.2) is 58.9 Å². The Bertz CT molecular complexity index is 1200. The quantitative estimate of drug-likeness (QED) is 0.548. The third kappa shape index (κ3) is 4.40. The van der Waals surface area contributed by atoms with E-state index in [2.05, 4.69) is 4.98 Å². The lowest BCUT2D eigenvalue weighted by atomic mass is 9.99. The maximum Gasteiger partial charge on any atom is 0.413 e. The molecule has 194 valence electrons. The zero-order valence-electron chi connectivity index (χ0n) is 20.6. The highest BCUT2D eigenvalue weighted by atomic mass is 19.4. The Kier molecular flexibility index (Phi) is 6.34. The summed E-state index contributed by atoms with van der Waals surface area (Å²) in [6.07, 6.45) is -1.61. The number of fused-ring (bicyclic) bond motifs is 3. The van der Waals surface area contributed by atoms with Crippen molar-refractivity contribution < 1.29 is 22.7 Å². The number of morpholine rings is 1. The van der Waals surface area contributed by atoms with E-state index in [9.17, 15) is 22.8 Å². The number of halogens is 3. The van der Waals surface area contributed by atoms with E-state index in [4.69, 9.17) is 4.74 Å². The Morgan fingerprint density at radius 3 is 2.56 bits per heavy atom. The summed E-state index contributed by atoms with van der Waals surface area (Å²) < 4.78 is 49.8. The number of hydrogen-bond donors (Lipinski definition) is 0. The Morgan fingerprint density at radius 2 is 1.94 bits per heavy atom. The number of nitrogens with zero attached hydrogens (tertiary/aromatic N) is 4. The molecule has 10 heteroatoms. The zero-order chi connectivity index (χ0) is 25.7. The molecule has 3 aliphatic heterocycles. The van der Waals surface area contributed by atoms with Crippen molar-refractivity contribution in [2.45, 2.75) is 76.4 Å². The number of carbonyl (C=O) groups excluding carboxylic acids is 1. The Hall–Kier alpha value is -2.88. The minimum absolute atomic E-state index is 0.0508. The SMILES string of the molecule is CCCC(=O)Cc1ccc(CCN2c3nc(N4C[C@@H]5C[C@H]4CO5)cc(=O)n3C[C@@]2(C)C(F)(F)F)cc1. The van der Waals surface area contributed by atoms with E-state index in [1.54, 1.807) is 0 Å². The standard InChI is InChI=1S/C26H31F3N4O3/c1-3-4-20(34)11-18-7-5-17(6-8-18)9-10-33-24-30-22(31-14-21-12-19(31)15-36-21)13-23(35)32(24)16-25(33,2)26(27,28)29/h5-8,13,19,21H,3-4,9-12,14-16H2,1-2H3/t19-,21-,25-/m0/s1. The van der Waals surface area contributed by atoms with Gasteiger partial charge in [-0.25, -0.2) is 0 Å². The number of benzene rings is 1. The monoisotopic (exact) mass is 504 g/mol. The van der Waals surface area contributed by atoms with Crippen LogP contribution < -0.4 is 15.4 Å². The highest BCUT2D eigenvalue weighted by molar-refractivity contribution is 5.80. The molecule has 3 aliphatic rings. The second kappa shape index (κ2) is 9.21. The van der Waals surface area contributed by atoms with E-state index in [1.165, 1.54) is 11.0 Å². The van der Waals surface area contributed by atoms with Crippen LogP contribution in [0.4, 0.5) is 24.9 Å². The van der Waals surface area contributed by atoms with E-state index in [-0.39, 0.29) is 30.4 Å². The second-order valence-electron chi connectivity index (χ2n) is 10.3. The fourth-order valence-electron chi connectivity index (χ4n) is 5.53. The summed E-state index contributed by atoms with van der Waals surface area (Å²) in [4.78, 5) is 32.7. The van der Waals surface area contributed by atoms with Gasteiger partial charge in [-0.2, -0.15) is 18.2 Å². The first-order valence-corrected chi connectivity index (χ1v) is 12.5. The maximum atomic E-state index is 14.3. The van der Waals surface area contributed by atoms with Gasteiger partial charge in [0.25, 0.3) is 5.56 Å². The smallest absolute Gasteiger partial charge is 0.374 e. The molecule has 2 aromatic rings. The lowest BCUT2D eigenvalue weighted by Gasteiger charge is -2.37. The van der Waals surface area contributed by atoms with Gasteiger partial charge < -0.3 is 14.5 Å². The number of aromatic nitrogens is 2. The predicted octanol–water partition coefficient (Wildman–Crippen LogP) is 3.52. The van der Waals surface area contributed by atoms with Gasteiger partial charge in [-0.05, 0) is 37.3 Å². The summed E-state index contributed by atoms with van der Waals surface area (Å²) >= 11 is 0. The van der Waals surface area contributed by atoms with E-state index in [0.29, 0.717) is 38.2 Å². The van der Waals surface area contributed by atoms with Gasteiger partial charge in [0, 0.05) is 32.0 Å². The number of alkyl halides is 3. The molecule has 1 aromatic carbocycles. The molecule has 4 heterocycles. The van der Waals surface area contributed by atoms with Crippen LogP contribution in [-0.2, 0) is 28.9 Å². The van der Waals surface area contributed by atoms with Crippen molar-refractivity contribution in [1.29, 1.82) is 0 Å². The van der Waals surface area contributed by atoms with Crippen LogP contribution in [0.1, 0.15) is 44.2 Å². The summed E-state index contributed by atoms with van der Waals surface area (Å²) in [5.74, 6) is 0.646. The Balaban J connectivity index is 1.39. The number of rotatable bonds is 8. The van der Waals surface area contributed by atoms with Crippen molar-refractivity contribution in [3.8, 4) is 0 Å². The zero-order valence-corrected chi connectivity index (χ0v) is 20.6. The van der Waals surface area contributed by atoms with Crippen LogP contribution in [0.15, 0.2) is 35.1 Å². The first-order valence-electron chi connectivity index (χ1n) is 12.5. The van der Waals surface area contributed by atoms with Gasteiger partial charge in [0.2, 0.25) is 5.95 Å². The van der Waals surface area contributed by atoms with Gasteiger partial charge in [-0.15, -0.1) is 0 Å². The van der Waals surface area contributed by atoms with Crippen LogP contribution in [0.5, 0.6) is 0 Å². The Labute approximate surface area is 207 Å². The normalized spacial score (nSPS) is 25.0. The van der Waals surface area contributed by atoms with Gasteiger partial charge >= 0.3 is 6.18 Å². The molecule has 3 atom stereocenters. The van der Waals surface area contributed by atoms with Crippen LogP contribution in [0.2, 0.25) is 0 Å². The number of hydrogen-bond acceptors (Lipinski definition) is 6. The second-order valence-corrected chi connectivity index (χ2v) is 10.3. The van der Waals surface area contributed by atoms with Crippen molar-refractivity contribution in [1.82, 2.24) is 9.55 Å². The van der Waals surface area contributed by atoms with Crippen molar-refractivity contribution in [2.24, 2.45) is 0 Å². The van der Waals surface area contributed by atoms with Crippen LogP contribution in [0.25, 0.3) is 0 Å².